The van der Waals surface area contributed by atoms with Crippen LogP contribution in [0.15, 0.2) is 28.8 Å². The van der Waals surface area contributed by atoms with Gasteiger partial charge in [0.2, 0.25) is 5.89 Å². The van der Waals surface area contributed by atoms with Crippen molar-refractivity contribution in [3.05, 3.63) is 41.5 Å². The number of aromatic nitrogens is 2. The predicted molar refractivity (Wildman–Crippen MR) is 63.2 cm³/mol. The minimum absolute atomic E-state index is 0.216. The molecule has 94 valence electrons. The minimum atomic E-state index is -0.241. The largest absolute Gasteiger partial charge is 0.496 e. The highest BCUT2D eigenvalue weighted by atomic mass is 16.5. The van der Waals surface area contributed by atoms with Crippen molar-refractivity contribution in [2.24, 2.45) is 0 Å². The van der Waals surface area contributed by atoms with Crippen LogP contribution in [-0.4, -0.2) is 23.2 Å². The van der Waals surface area contributed by atoms with E-state index in [0.29, 0.717) is 23.0 Å². The Morgan fingerprint density at radius 1 is 1.44 bits per heavy atom. The number of carbonyl (C=O) groups is 1. The van der Waals surface area contributed by atoms with E-state index in [2.05, 4.69) is 15.5 Å². The number of nitrogens with one attached hydrogen (secondary N) is 1. The summed E-state index contributed by atoms with van der Waals surface area (Å²) in [5.41, 5.74) is 0.472. The summed E-state index contributed by atoms with van der Waals surface area (Å²) in [5.74, 6) is 1.20. The fraction of sp³-hybridized carbons (Fsp3) is 0.250. The topological polar surface area (TPSA) is 77.2 Å². The minimum Gasteiger partial charge on any atom is -0.496 e. The first-order valence-corrected chi connectivity index (χ1v) is 5.41. The number of methoxy groups -OCH3 is 1. The van der Waals surface area contributed by atoms with Gasteiger partial charge in [-0.25, -0.2) is 0 Å². The van der Waals surface area contributed by atoms with Crippen molar-refractivity contribution in [2.45, 2.75) is 13.5 Å². The molecule has 1 amide bonds. The molecular formula is C12H13N3O3. The quantitative estimate of drug-likeness (QED) is 0.881. The molecule has 6 nitrogen and oxygen atoms in total. The third kappa shape index (κ3) is 2.65. The summed E-state index contributed by atoms with van der Waals surface area (Å²) < 4.78 is 9.92. The molecule has 0 saturated carbocycles. The van der Waals surface area contributed by atoms with Crippen LogP contribution in [0, 0.1) is 6.92 Å². The van der Waals surface area contributed by atoms with Gasteiger partial charge in [-0.2, -0.15) is 4.98 Å². The number of hydrogen-bond acceptors (Lipinski definition) is 5. The maximum Gasteiger partial charge on any atom is 0.255 e. The molecule has 2 rings (SSSR count). The molecule has 0 unspecified atom stereocenters. The molecule has 0 atom stereocenters. The van der Waals surface area contributed by atoms with E-state index in [0.717, 1.165) is 0 Å². The maximum absolute atomic E-state index is 11.9. The van der Waals surface area contributed by atoms with Gasteiger partial charge in [0.05, 0.1) is 19.2 Å². The number of rotatable bonds is 4. The van der Waals surface area contributed by atoms with Crippen molar-refractivity contribution in [1.29, 1.82) is 0 Å². The van der Waals surface area contributed by atoms with Gasteiger partial charge in [0.25, 0.3) is 5.91 Å². The highest BCUT2D eigenvalue weighted by Crippen LogP contribution is 2.16. The van der Waals surface area contributed by atoms with E-state index in [1.165, 1.54) is 7.11 Å². The monoisotopic (exact) mass is 247 g/mol. The molecule has 0 aliphatic rings. The number of amides is 1. The Morgan fingerprint density at radius 2 is 2.22 bits per heavy atom. The number of carbonyl (C=O) groups excluding carboxylic acids is 1. The molecular weight excluding hydrogens is 234 g/mol. The third-order valence-corrected chi connectivity index (χ3v) is 2.33. The van der Waals surface area contributed by atoms with E-state index in [4.69, 9.17) is 9.26 Å². The lowest BCUT2D eigenvalue weighted by molar-refractivity contribution is 0.0946. The predicted octanol–water partition coefficient (Wildman–Crippen LogP) is 1.32. The zero-order valence-electron chi connectivity index (χ0n) is 10.1. The highest BCUT2D eigenvalue weighted by molar-refractivity contribution is 5.96. The lowest BCUT2D eigenvalue weighted by Crippen LogP contribution is -2.23. The number of ether oxygens (including phenoxy) is 1. The maximum atomic E-state index is 11.9. The molecule has 0 saturated heterocycles. The first-order chi connectivity index (χ1) is 8.70. The Labute approximate surface area is 104 Å². The molecule has 18 heavy (non-hydrogen) atoms. The van der Waals surface area contributed by atoms with Gasteiger partial charge >= 0.3 is 0 Å². The number of hydrogen-bond donors (Lipinski definition) is 1. The van der Waals surface area contributed by atoms with Crippen molar-refractivity contribution < 1.29 is 14.1 Å². The van der Waals surface area contributed by atoms with Crippen molar-refractivity contribution in [1.82, 2.24) is 15.5 Å². The molecule has 1 heterocycles. The van der Waals surface area contributed by atoms with Crippen LogP contribution in [0.5, 0.6) is 5.75 Å². The fourth-order valence-electron chi connectivity index (χ4n) is 1.50. The second-order valence-electron chi connectivity index (χ2n) is 3.61. The van der Waals surface area contributed by atoms with Crippen LogP contribution in [-0.2, 0) is 6.54 Å². The van der Waals surface area contributed by atoms with Gasteiger partial charge < -0.3 is 14.6 Å². The van der Waals surface area contributed by atoms with Crippen LogP contribution in [0.25, 0.3) is 0 Å². The number of nitrogens with zero attached hydrogens (tertiary/aromatic N) is 2. The zero-order valence-corrected chi connectivity index (χ0v) is 10.1. The first-order valence-electron chi connectivity index (χ1n) is 5.41. The van der Waals surface area contributed by atoms with E-state index < -0.39 is 0 Å². The van der Waals surface area contributed by atoms with Crippen LogP contribution in [0.2, 0.25) is 0 Å². The van der Waals surface area contributed by atoms with Crippen molar-refractivity contribution in [3.8, 4) is 5.75 Å². The summed E-state index contributed by atoms with van der Waals surface area (Å²) in [6.45, 7) is 1.91. The van der Waals surface area contributed by atoms with E-state index in [9.17, 15) is 4.79 Å². The van der Waals surface area contributed by atoms with Crippen molar-refractivity contribution >= 4 is 5.91 Å². The Kier molecular flexibility index (Phi) is 3.57. The molecule has 1 aromatic heterocycles. The van der Waals surface area contributed by atoms with E-state index in [1.807, 2.05) is 0 Å². The Bertz CT molecular complexity index is 551. The van der Waals surface area contributed by atoms with Crippen LogP contribution >= 0.6 is 0 Å². The average molecular weight is 247 g/mol. The van der Waals surface area contributed by atoms with Gasteiger partial charge in [-0.3, -0.25) is 4.79 Å². The molecule has 0 bridgehead atoms. The van der Waals surface area contributed by atoms with Gasteiger partial charge in [-0.05, 0) is 12.1 Å². The lowest BCUT2D eigenvalue weighted by atomic mass is 10.2. The molecule has 0 aliphatic heterocycles. The van der Waals surface area contributed by atoms with E-state index >= 15 is 0 Å². The van der Waals surface area contributed by atoms with Crippen LogP contribution in [0.1, 0.15) is 22.1 Å². The summed E-state index contributed by atoms with van der Waals surface area (Å²) in [6, 6.07) is 7.00. The summed E-state index contributed by atoms with van der Waals surface area (Å²) in [5, 5.41) is 6.39. The van der Waals surface area contributed by atoms with Crippen LogP contribution < -0.4 is 10.1 Å². The molecule has 0 aliphatic carbocycles. The molecule has 0 fully saturated rings. The standard InChI is InChI=1S/C12H13N3O3/c1-8-14-11(15-18-8)7-13-12(16)9-5-3-4-6-10(9)17-2/h3-6H,7H2,1-2H3,(H,13,16). The third-order valence-electron chi connectivity index (χ3n) is 2.33. The van der Waals surface area contributed by atoms with E-state index in [-0.39, 0.29) is 12.5 Å². The van der Waals surface area contributed by atoms with Crippen LogP contribution in [0.4, 0.5) is 0 Å². The average Bonchev–Trinajstić information content (AvgIpc) is 2.81. The Morgan fingerprint density at radius 3 is 2.89 bits per heavy atom. The molecule has 0 spiro atoms. The van der Waals surface area contributed by atoms with Crippen molar-refractivity contribution in [2.75, 3.05) is 7.11 Å². The fourth-order valence-corrected chi connectivity index (χ4v) is 1.50. The van der Waals surface area contributed by atoms with Crippen molar-refractivity contribution in [3.63, 3.8) is 0 Å². The smallest absolute Gasteiger partial charge is 0.255 e. The number of para-hydroxylation sites is 1. The molecule has 6 heteroatoms. The SMILES string of the molecule is COc1ccccc1C(=O)NCc1noc(C)n1. The van der Waals surface area contributed by atoms with Gasteiger partial charge in [0, 0.05) is 6.92 Å². The number of benzene rings is 1. The molecule has 0 radical (unpaired) electrons. The Balaban J connectivity index is 2.03. The second kappa shape index (κ2) is 5.31. The molecule has 1 aromatic carbocycles. The van der Waals surface area contributed by atoms with E-state index in [1.54, 1.807) is 31.2 Å². The van der Waals surface area contributed by atoms with Crippen LogP contribution in [0.3, 0.4) is 0 Å². The Hall–Kier alpha value is -2.37. The van der Waals surface area contributed by atoms with Gasteiger partial charge in [0.15, 0.2) is 5.82 Å². The second-order valence-corrected chi connectivity index (χ2v) is 3.61. The molecule has 2 aromatic rings. The summed E-state index contributed by atoms with van der Waals surface area (Å²) in [4.78, 5) is 15.9. The summed E-state index contributed by atoms with van der Waals surface area (Å²) in [6.07, 6.45) is 0. The number of aryl methyl sites for hydroxylation is 1. The van der Waals surface area contributed by atoms with Gasteiger partial charge in [-0.15, -0.1) is 0 Å². The lowest BCUT2D eigenvalue weighted by Gasteiger charge is -2.07. The first kappa shape index (κ1) is 12.1. The summed E-state index contributed by atoms with van der Waals surface area (Å²) in [7, 11) is 1.52. The normalized spacial score (nSPS) is 10.1. The van der Waals surface area contributed by atoms with Gasteiger partial charge in [0.1, 0.15) is 5.75 Å². The summed E-state index contributed by atoms with van der Waals surface area (Å²) >= 11 is 0. The van der Waals surface area contributed by atoms with Gasteiger partial charge in [-0.1, -0.05) is 17.3 Å². The zero-order chi connectivity index (χ0) is 13.0. The molecule has 1 N–H and O–H groups in total. The highest BCUT2D eigenvalue weighted by Gasteiger charge is 2.12.